The normalized spacial score (nSPS) is 12.9. The summed E-state index contributed by atoms with van der Waals surface area (Å²) < 4.78 is 0. The van der Waals surface area contributed by atoms with Gasteiger partial charge in [0.1, 0.15) is 0 Å². The molecule has 6 heteroatoms. The molecule has 1 atom stereocenters. The van der Waals surface area contributed by atoms with Crippen LogP contribution in [0.4, 0.5) is 0 Å². The number of hydrogen-bond donors (Lipinski definition) is 2. The molecule has 1 aromatic heterocycles. The van der Waals surface area contributed by atoms with Crippen molar-refractivity contribution in [1.82, 2.24) is 15.5 Å². The lowest BCUT2D eigenvalue weighted by Crippen LogP contribution is -2.42. The van der Waals surface area contributed by atoms with Crippen LogP contribution in [0.3, 0.4) is 0 Å². The third-order valence-corrected chi connectivity index (χ3v) is 4.28. The first kappa shape index (κ1) is 20.7. The highest BCUT2D eigenvalue weighted by Crippen LogP contribution is 2.09. The van der Waals surface area contributed by atoms with E-state index < -0.39 is 0 Å². The first-order chi connectivity index (χ1) is 9.67. The van der Waals surface area contributed by atoms with Gasteiger partial charge in [-0.1, -0.05) is 13.0 Å². The number of hydrogen-bond acceptors (Lipinski definition) is 3. The number of thiophene rings is 1. The zero-order chi connectivity index (χ0) is 14.8. The summed E-state index contributed by atoms with van der Waals surface area (Å²) in [4.78, 5) is 8.27. The fraction of sp³-hybridized carbons (Fsp3) is 0.667. The molecule has 0 radical (unpaired) electrons. The average molecular weight is 424 g/mol. The van der Waals surface area contributed by atoms with Gasteiger partial charge in [0, 0.05) is 30.6 Å². The van der Waals surface area contributed by atoms with Gasteiger partial charge in [-0.15, -0.1) is 35.3 Å². The Morgan fingerprint density at radius 2 is 2.14 bits per heavy atom. The molecule has 122 valence electrons. The van der Waals surface area contributed by atoms with Crippen LogP contribution in [0.5, 0.6) is 0 Å². The number of nitrogens with zero attached hydrogens (tertiary/aromatic N) is 2. The third-order valence-electron chi connectivity index (χ3n) is 3.42. The molecular weight excluding hydrogens is 395 g/mol. The second-order valence-corrected chi connectivity index (χ2v) is 5.97. The summed E-state index contributed by atoms with van der Waals surface area (Å²) in [6, 6.07) is 4.81. The predicted molar refractivity (Wildman–Crippen MR) is 105 cm³/mol. The first-order valence-electron chi connectivity index (χ1n) is 7.42. The number of aliphatic imine (C=N–C) groups is 1. The van der Waals surface area contributed by atoms with E-state index in [2.05, 4.69) is 65.9 Å². The van der Waals surface area contributed by atoms with Crippen molar-refractivity contribution in [2.75, 3.05) is 26.7 Å². The fourth-order valence-corrected chi connectivity index (χ4v) is 2.41. The maximum Gasteiger partial charge on any atom is 0.191 e. The van der Waals surface area contributed by atoms with Gasteiger partial charge in [0.2, 0.25) is 0 Å². The summed E-state index contributed by atoms with van der Waals surface area (Å²) in [5, 5.41) is 8.77. The number of halogens is 1. The van der Waals surface area contributed by atoms with Crippen molar-refractivity contribution in [3.63, 3.8) is 0 Å². The summed E-state index contributed by atoms with van der Waals surface area (Å²) in [5.74, 6) is 0.901. The zero-order valence-electron chi connectivity index (χ0n) is 13.6. The van der Waals surface area contributed by atoms with Crippen molar-refractivity contribution in [2.24, 2.45) is 4.99 Å². The van der Waals surface area contributed by atoms with Gasteiger partial charge in [0.25, 0.3) is 0 Å². The van der Waals surface area contributed by atoms with Crippen LogP contribution in [0, 0.1) is 0 Å². The molecule has 4 nitrogen and oxygen atoms in total. The van der Waals surface area contributed by atoms with E-state index in [1.165, 1.54) is 11.3 Å². The summed E-state index contributed by atoms with van der Waals surface area (Å²) in [6.07, 6.45) is 1.18. The molecule has 1 rings (SSSR count). The number of rotatable bonds is 8. The van der Waals surface area contributed by atoms with E-state index >= 15 is 0 Å². The minimum atomic E-state index is 0. The molecule has 0 bridgehead atoms. The second kappa shape index (κ2) is 12.2. The van der Waals surface area contributed by atoms with Crippen molar-refractivity contribution in [2.45, 2.75) is 39.8 Å². The molecule has 1 aromatic rings. The Kier molecular flexibility index (Phi) is 12.0. The van der Waals surface area contributed by atoms with Crippen LogP contribution in [-0.4, -0.2) is 43.6 Å². The Morgan fingerprint density at radius 1 is 1.38 bits per heavy atom. The Bertz CT molecular complexity index is 381. The smallest absolute Gasteiger partial charge is 0.191 e. The Labute approximate surface area is 150 Å². The van der Waals surface area contributed by atoms with Gasteiger partial charge in [0.15, 0.2) is 5.96 Å². The molecule has 0 saturated carbocycles. The van der Waals surface area contributed by atoms with Crippen molar-refractivity contribution in [1.29, 1.82) is 0 Å². The van der Waals surface area contributed by atoms with Gasteiger partial charge in [-0.25, -0.2) is 4.99 Å². The Balaban J connectivity index is 0.00000400. The summed E-state index contributed by atoms with van der Waals surface area (Å²) in [7, 11) is 2.17. The van der Waals surface area contributed by atoms with Crippen LogP contribution < -0.4 is 10.6 Å². The van der Waals surface area contributed by atoms with Crippen LogP contribution >= 0.6 is 35.3 Å². The van der Waals surface area contributed by atoms with Crippen molar-refractivity contribution >= 4 is 41.3 Å². The van der Waals surface area contributed by atoms with Crippen LogP contribution in [-0.2, 0) is 6.54 Å². The molecule has 1 unspecified atom stereocenters. The molecule has 0 amide bonds. The van der Waals surface area contributed by atoms with E-state index in [-0.39, 0.29) is 24.0 Å². The van der Waals surface area contributed by atoms with Crippen molar-refractivity contribution < 1.29 is 0 Å². The fourth-order valence-electron chi connectivity index (χ4n) is 1.78. The molecule has 0 aromatic carbocycles. The molecule has 0 saturated heterocycles. The van der Waals surface area contributed by atoms with Crippen molar-refractivity contribution in [3.05, 3.63) is 22.4 Å². The number of nitrogens with one attached hydrogen (secondary N) is 2. The van der Waals surface area contributed by atoms with Gasteiger partial charge < -0.3 is 15.5 Å². The van der Waals surface area contributed by atoms with E-state index in [1.54, 1.807) is 11.3 Å². The van der Waals surface area contributed by atoms with E-state index in [1.807, 2.05) is 0 Å². The lowest BCUT2D eigenvalue weighted by atomic mass is 10.2. The molecular formula is C15H29IN4S. The summed E-state index contributed by atoms with van der Waals surface area (Å²) in [6.45, 7) is 10.1. The Morgan fingerprint density at radius 3 is 2.71 bits per heavy atom. The molecule has 0 fully saturated rings. The highest BCUT2D eigenvalue weighted by Gasteiger charge is 2.06. The predicted octanol–water partition coefficient (Wildman–Crippen LogP) is 3.15. The number of likely N-dealkylation sites (N-methyl/N-ethyl adjacent to an activating group) is 1. The minimum absolute atomic E-state index is 0. The van der Waals surface area contributed by atoms with Crippen LogP contribution in [0.1, 0.15) is 32.1 Å². The standard InChI is InChI=1S/C15H28N4S.HI/c1-5-13(3)19(4)10-9-17-15(16-6-2)18-12-14-8-7-11-20-14;/h7-8,11,13H,5-6,9-10,12H2,1-4H3,(H2,16,17,18);1H. The van der Waals surface area contributed by atoms with E-state index in [9.17, 15) is 0 Å². The van der Waals surface area contributed by atoms with Crippen LogP contribution in [0.25, 0.3) is 0 Å². The highest BCUT2D eigenvalue weighted by molar-refractivity contribution is 14.0. The molecule has 2 N–H and O–H groups in total. The van der Waals surface area contributed by atoms with Crippen LogP contribution in [0.2, 0.25) is 0 Å². The minimum Gasteiger partial charge on any atom is -0.357 e. The average Bonchev–Trinajstić information content (AvgIpc) is 2.96. The quantitative estimate of drug-likeness (QED) is 0.383. The maximum atomic E-state index is 4.60. The van der Waals surface area contributed by atoms with E-state index in [0.717, 1.165) is 32.1 Å². The van der Waals surface area contributed by atoms with E-state index in [0.29, 0.717) is 6.04 Å². The first-order valence-corrected chi connectivity index (χ1v) is 8.30. The lowest BCUT2D eigenvalue weighted by molar-refractivity contribution is 0.255. The van der Waals surface area contributed by atoms with Gasteiger partial charge in [-0.2, -0.15) is 0 Å². The largest absolute Gasteiger partial charge is 0.357 e. The lowest BCUT2D eigenvalue weighted by Gasteiger charge is -2.23. The van der Waals surface area contributed by atoms with E-state index in [4.69, 9.17) is 0 Å². The number of guanidine groups is 1. The molecule has 0 aliphatic carbocycles. The molecule has 0 aliphatic rings. The molecule has 0 spiro atoms. The maximum absolute atomic E-state index is 4.60. The monoisotopic (exact) mass is 424 g/mol. The Hall–Kier alpha value is -0.340. The SMILES string of the molecule is CCNC(=NCc1cccs1)NCCN(C)C(C)CC.I. The highest BCUT2D eigenvalue weighted by atomic mass is 127. The van der Waals surface area contributed by atoms with Crippen molar-refractivity contribution in [3.8, 4) is 0 Å². The topological polar surface area (TPSA) is 39.7 Å². The summed E-state index contributed by atoms with van der Waals surface area (Å²) in [5.41, 5.74) is 0. The second-order valence-electron chi connectivity index (χ2n) is 4.94. The van der Waals surface area contributed by atoms with Gasteiger partial charge >= 0.3 is 0 Å². The third kappa shape index (κ3) is 8.63. The van der Waals surface area contributed by atoms with Gasteiger partial charge in [0.05, 0.1) is 6.54 Å². The molecule has 0 aliphatic heterocycles. The molecule has 1 heterocycles. The van der Waals surface area contributed by atoms with Gasteiger partial charge in [-0.05, 0) is 38.8 Å². The van der Waals surface area contributed by atoms with Gasteiger partial charge in [-0.3, -0.25) is 0 Å². The molecule has 21 heavy (non-hydrogen) atoms. The zero-order valence-corrected chi connectivity index (χ0v) is 16.7. The van der Waals surface area contributed by atoms with Crippen LogP contribution in [0.15, 0.2) is 22.5 Å². The summed E-state index contributed by atoms with van der Waals surface area (Å²) >= 11 is 1.75.